The molecule has 24 heavy (non-hydrogen) atoms. The van der Waals surface area contributed by atoms with Crippen LogP contribution in [0, 0.1) is 0 Å². The molecule has 1 aromatic heterocycles. The predicted octanol–water partition coefficient (Wildman–Crippen LogP) is 1.55. The van der Waals surface area contributed by atoms with E-state index >= 15 is 0 Å². The van der Waals surface area contributed by atoms with E-state index < -0.39 is 23.5 Å². The number of nitrogens with one attached hydrogen (secondary N) is 1. The molecule has 1 aromatic rings. The average molecular weight is 342 g/mol. The van der Waals surface area contributed by atoms with Crippen LogP contribution in [0.25, 0.3) is 0 Å². The van der Waals surface area contributed by atoms with Crippen molar-refractivity contribution in [2.75, 3.05) is 13.1 Å². The van der Waals surface area contributed by atoms with Gasteiger partial charge in [0.25, 0.3) is 11.8 Å². The lowest BCUT2D eigenvalue weighted by Gasteiger charge is -2.42. The van der Waals surface area contributed by atoms with Crippen molar-refractivity contribution in [1.82, 2.24) is 10.2 Å². The molecule has 0 unspecified atom stereocenters. The summed E-state index contributed by atoms with van der Waals surface area (Å²) in [6, 6.07) is 2.75. The van der Waals surface area contributed by atoms with Gasteiger partial charge in [-0.2, -0.15) is 8.78 Å². The minimum atomic E-state index is -3.79. The third-order valence-corrected chi connectivity index (χ3v) is 4.90. The fraction of sp³-hybridized carbons (Fsp3) is 0.625. The Bertz CT molecular complexity index is 606. The van der Waals surface area contributed by atoms with Gasteiger partial charge in [-0.3, -0.25) is 9.59 Å². The first-order valence-electron chi connectivity index (χ1n) is 8.07. The van der Waals surface area contributed by atoms with Gasteiger partial charge in [0, 0.05) is 19.1 Å². The Hall–Kier alpha value is -1.96. The number of halogens is 2. The highest BCUT2D eigenvalue weighted by Crippen LogP contribution is 2.44. The summed E-state index contributed by atoms with van der Waals surface area (Å²) in [7, 11) is 0. The van der Waals surface area contributed by atoms with Crippen molar-refractivity contribution < 1.29 is 27.9 Å². The fourth-order valence-electron chi connectivity index (χ4n) is 3.10. The Morgan fingerprint density at radius 3 is 2.50 bits per heavy atom. The van der Waals surface area contributed by atoms with Crippen LogP contribution in [0.2, 0.25) is 0 Å². The molecule has 1 saturated heterocycles. The van der Waals surface area contributed by atoms with Gasteiger partial charge in [0.15, 0.2) is 5.76 Å². The van der Waals surface area contributed by atoms with E-state index in [0.717, 1.165) is 0 Å². The van der Waals surface area contributed by atoms with Crippen molar-refractivity contribution >= 4 is 11.8 Å². The highest BCUT2D eigenvalue weighted by molar-refractivity contribution is 5.91. The number of amides is 2. The van der Waals surface area contributed by atoms with Crippen LogP contribution in [0.4, 0.5) is 8.78 Å². The molecule has 8 heteroatoms. The van der Waals surface area contributed by atoms with Gasteiger partial charge in [-0.05, 0) is 44.2 Å². The number of likely N-dealkylation sites (tertiary alicyclic amines) is 1. The minimum Gasteiger partial charge on any atom is -0.459 e. The van der Waals surface area contributed by atoms with Crippen molar-refractivity contribution in [3.8, 4) is 0 Å². The van der Waals surface area contributed by atoms with E-state index in [-0.39, 0.29) is 24.5 Å². The van der Waals surface area contributed by atoms with Gasteiger partial charge in [-0.15, -0.1) is 0 Å². The smallest absolute Gasteiger partial charge is 0.352 e. The first-order valence-corrected chi connectivity index (χ1v) is 8.07. The van der Waals surface area contributed by atoms with E-state index in [1.807, 2.05) is 0 Å². The lowest BCUT2D eigenvalue weighted by Crippen LogP contribution is -2.62. The molecule has 2 N–H and O–H groups in total. The Balaban J connectivity index is 1.52. The number of nitrogens with zero attached hydrogens (tertiary/aromatic N) is 1. The minimum absolute atomic E-state index is 0.0660. The van der Waals surface area contributed by atoms with Gasteiger partial charge >= 0.3 is 5.92 Å². The molecule has 6 nitrogen and oxygen atoms in total. The first-order chi connectivity index (χ1) is 11.3. The van der Waals surface area contributed by atoms with E-state index in [1.54, 1.807) is 17.0 Å². The number of rotatable bonds is 4. The van der Waals surface area contributed by atoms with Crippen LogP contribution in [-0.2, 0) is 4.79 Å². The highest BCUT2D eigenvalue weighted by atomic mass is 19.3. The summed E-state index contributed by atoms with van der Waals surface area (Å²) < 4.78 is 33.2. The topological polar surface area (TPSA) is 82.8 Å². The van der Waals surface area contributed by atoms with E-state index in [1.165, 1.54) is 6.26 Å². The molecule has 0 bridgehead atoms. The quantitative estimate of drug-likeness (QED) is 0.870. The van der Waals surface area contributed by atoms with Crippen molar-refractivity contribution in [3.63, 3.8) is 0 Å². The van der Waals surface area contributed by atoms with Crippen LogP contribution in [0.3, 0.4) is 0 Å². The van der Waals surface area contributed by atoms with Gasteiger partial charge in [0.2, 0.25) is 0 Å². The predicted molar refractivity (Wildman–Crippen MR) is 79.5 cm³/mol. The largest absolute Gasteiger partial charge is 0.459 e. The average Bonchev–Trinajstić information content (AvgIpc) is 3.06. The SMILES string of the molecule is O=C(c1ccco1)N1CCC(NC(=O)C(F)(F)C2(O)CCC2)CC1. The van der Waals surface area contributed by atoms with Crippen LogP contribution >= 0.6 is 0 Å². The van der Waals surface area contributed by atoms with Crippen LogP contribution in [0.1, 0.15) is 42.7 Å². The Morgan fingerprint density at radius 2 is 2.00 bits per heavy atom. The second-order valence-corrected chi connectivity index (χ2v) is 6.48. The summed E-state index contributed by atoms with van der Waals surface area (Å²) in [5.74, 6) is -5.23. The van der Waals surface area contributed by atoms with E-state index in [9.17, 15) is 23.5 Å². The molecule has 1 aliphatic carbocycles. The molecule has 1 aliphatic heterocycles. The number of piperidine rings is 1. The standard InChI is InChI=1S/C16H20F2N2O4/c17-16(18,15(23)6-2-7-15)14(22)19-11-4-8-20(9-5-11)13(21)12-3-1-10-24-12/h1,3,10-11,23H,2,4-9H2,(H,19,22). The molecule has 2 aliphatic rings. The summed E-state index contributed by atoms with van der Waals surface area (Å²) in [6.07, 6.45) is 2.53. The molecular formula is C16H20F2N2O4. The molecule has 3 rings (SSSR count). The molecule has 2 heterocycles. The van der Waals surface area contributed by atoms with E-state index in [2.05, 4.69) is 5.32 Å². The van der Waals surface area contributed by atoms with Crippen molar-refractivity contribution in [3.05, 3.63) is 24.2 Å². The summed E-state index contributed by atoms with van der Waals surface area (Å²) >= 11 is 0. The lowest BCUT2D eigenvalue weighted by atomic mass is 9.75. The molecule has 0 atom stereocenters. The number of aliphatic hydroxyl groups is 1. The first kappa shape index (κ1) is 16.9. The second-order valence-electron chi connectivity index (χ2n) is 6.48. The Morgan fingerprint density at radius 1 is 1.33 bits per heavy atom. The molecule has 132 valence electrons. The number of hydrogen-bond acceptors (Lipinski definition) is 4. The summed E-state index contributed by atoms with van der Waals surface area (Å²) in [6.45, 7) is 0.695. The molecule has 0 aromatic carbocycles. The molecule has 2 amide bonds. The van der Waals surface area contributed by atoms with E-state index in [0.29, 0.717) is 32.4 Å². The number of furan rings is 1. The zero-order valence-electron chi connectivity index (χ0n) is 13.1. The van der Waals surface area contributed by atoms with Crippen LogP contribution < -0.4 is 5.32 Å². The number of alkyl halides is 2. The zero-order chi connectivity index (χ0) is 17.4. The van der Waals surface area contributed by atoms with Gasteiger partial charge in [-0.25, -0.2) is 0 Å². The molecule has 1 saturated carbocycles. The van der Waals surface area contributed by atoms with Crippen LogP contribution in [0.5, 0.6) is 0 Å². The number of hydrogen-bond donors (Lipinski definition) is 2. The van der Waals surface area contributed by atoms with Gasteiger partial charge in [0.05, 0.1) is 6.26 Å². The highest BCUT2D eigenvalue weighted by Gasteiger charge is 2.61. The Labute approximate surface area is 137 Å². The summed E-state index contributed by atoms with van der Waals surface area (Å²) in [5, 5.41) is 12.1. The zero-order valence-corrected chi connectivity index (χ0v) is 13.1. The van der Waals surface area contributed by atoms with Crippen molar-refractivity contribution in [1.29, 1.82) is 0 Å². The van der Waals surface area contributed by atoms with Gasteiger partial charge in [-0.1, -0.05) is 0 Å². The van der Waals surface area contributed by atoms with Gasteiger partial charge in [0.1, 0.15) is 5.60 Å². The molecule has 2 fully saturated rings. The molecule has 0 radical (unpaired) electrons. The lowest BCUT2D eigenvalue weighted by molar-refractivity contribution is -0.216. The fourth-order valence-corrected chi connectivity index (χ4v) is 3.10. The summed E-state index contributed by atoms with van der Waals surface area (Å²) in [5.41, 5.74) is -2.22. The maximum Gasteiger partial charge on any atom is 0.352 e. The summed E-state index contributed by atoms with van der Waals surface area (Å²) in [4.78, 5) is 25.5. The monoisotopic (exact) mass is 342 g/mol. The van der Waals surface area contributed by atoms with Crippen LogP contribution in [-0.4, -0.2) is 52.5 Å². The van der Waals surface area contributed by atoms with Crippen molar-refractivity contribution in [2.45, 2.75) is 49.7 Å². The maximum atomic E-state index is 14.1. The molecular weight excluding hydrogens is 322 g/mol. The number of carbonyl (C=O) groups excluding carboxylic acids is 2. The van der Waals surface area contributed by atoms with E-state index in [4.69, 9.17) is 4.42 Å². The number of carbonyl (C=O) groups is 2. The third kappa shape index (κ3) is 2.90. The third-order valence-electron chi connectivity index (χ3n) is 4.90. The maximum absolute atomic E-state index is 14.1. The second kappa shape index (κ2) is 6.16. The van der Waals surface area contributed by atoms with Crippen LogP contribution in [0.15, 0.2) is 22.8 Å². The van der Waals surface area contributed by atoms with Crippen molar-refractivity contribution in [2.24, 2.45) is 0 Å². The van der Waals surface area contributed by atoms with Gasteiger partial charge < -0.3 is 19.7 Å². The normalized spacial score (nSPS) is 21.2. The Kier molecular flexibility index (Phi) is 4.33. The molecule has 0 spiro atoms.